The predicted molar refractivity (Wildman–Crippen MR) is 71.6 cm³/mol. The Morgan fingerprint density at radius 1 is 1.31 bits per heavy atom. The molecule has 0 heterocycles. The van der Waals surface area contributed by atoms with E-state index in [0.717, 1.165) is 10.0 Å². The second kappa shape index (κ2) is 5.80. The molecule has 0 radical (unpaired) electrons. The van der Waals surface area contributed by atoms with Crippen LogP contribution < -0.4 is 5.32 Å². The highest BCUT2D eigenvalue weighted by Gasteiger charge is 2.13. The van der Waals surface area contributed by atoms with Crippen LogP contribution in [0, 0.1) is 0 Å². The smallest absolute Gasteiger partial charge is 0.0705 e. The number of aliphatic hydroxyl groups excluding tert-OH is 1. The van der Waals surface area contributed by atoms with Crippen LogP contribution in [0.3, 0.4) is 0 Å². The van der Waals surface area contributed by atoms with Gasteiger partial charge in [0.05, 0.1) is 6.10 Å². The number of nitrogens with one attached hydrogen (secondary N) is 1. The lowest BCUT2D eigenvalue weighted by Gasteiger charge is -2.23. The molecule has 0 fully saturated rings. The molecular formula is C13H20BrNO. The van der Waals surface area contributed by atoms with Crippen LogP contribution in [0.5, 0.6) is 0 Å². The van der Waals surface area contributed by atoms with E-state index >= 15 is 0 Å². The maximum atomic E-state index is 9.91. The van der Waals surface area contributed by atoms with Crippen molar-refractivity contribution in [2.45, 2.75) is 38.8 Å². The van der Waals surface area contributed by atoms with Crippen molar-refractivity contribution in [3.63, 3.8) is 0 Å². The van der Waals surface area contributed by atoms with Crippen molar-refractivity contribution in [2.75, 3.05) is 6.54 Å². The molecule has 0 saturated carbocycles. The van der Waals surface area contributed by atoms with Crippen LogP contribution in [0.2, 0.25) is 0 Å². The predicted octanol–water partition coefficient (Wildman–Crippen LogP) is 2.74. The number of hydrogen-bond acceptors (Lipinski definition) is 2. The van der Waals surface area contributed by atoms with E-state index in [1.54, 1.807) is 0 Å². The molecule has 0 saturated heterocycles. The van der Waals surface area contributed by atoms with E-state index in [1.807, 2.05) is 24.3 Å². The highest BCUT2D eigenvalue weighted by molar-refractivity contribution is 9.10. The summed E-state index contributed by atoms with van der Waals surface area (Å²) in [6, 6.07) is 8.00. The van der Waals surface area contributed by atoms with Crippen LogP contribution in [0.4, 0.5) is 0 Å². The molecule has 2 nitrogen and oxygen atoms in total. The maximum absolute atomic E-state index is 9.91. The summed E-state index contributed by atoms with van der Waals surface area (Å²) in [4.78, 5) is 0. The lowest BCUT2D eigenvalue weighted by Crippen LogP contribution is -2.41. The summed E-state index contributed by atoms with van der Waals surface area (Å²) in [5.74, 6) is 0. The van der Waals surface area contributed by atoms with Gasteiger partial charge in [-0.3, -0.25) is 0 Å². The molecule has 0 bridgehead atoms. The van der Waals surface area contributed by atoms with Gasteiger partial charge in [-0.2, -0.15) is 0 Å². The highest BCUT2D eigenvalue weighted by Crippen LogP contribution is 2.17. The van der Waals surface area contributed by atoms with Gasteiger partial charge in [0, 0.05) is 23.0 Å². The van der Waals surface area contributed by atoms with Gasteiger partial charge in [-0.1, -0.05) is 34.1 Å². The summed E-state index contributed by atoms with van der Waals surface area (Å²) in [5.41, 5.74) is 1.19. The van der Waals surface area contributed by atoms with Crippen molar-refractivity contribution >= 4 is 15.9 Å². The van der Waals surface area contributed by atoms with Crippen molar-refractivity contribution in [2.24, 2.45) is 0 Å². The summed E-state index contributed by atoms with van der Waals surface area (Å²) in [6.45, 7) is 6.90. The third-order valence-electron chi connectivity index (χ3n) is 2.28. The highest BCUT2D eigenvalue weighted by atomic mass is 79.9. The summed E-state index contributed by atoms with van der Waals surface area (Å²) < 4.78 is 1.06. The van der Waals surface area contributed by atoms with Crippen molar-refractivity contribution < 1.29 is 5.11 Å². The topological polar surface area (TPSA) is 32.3 Å². The van der Waals surface area contributed by atoms with E-state index in [9.17, 15) is 5.11 Å². The molecule has 0 aliphatic rings. The second-order valence-corrected chi connectivity index (χ2v) is 5.93. The van der Waals surface area contributed by atoms with Crippen LogP contribution in [0.25, 0.3) is 0 Å². The van der Waals surface area contributed by atoms with Crippen molar-refractivity contribution in [3.05, 3.63) is 34.3 Å². The molecule has 1 atom stereocenters. The Morgan fingerprint density at radius 3 is 2.50 bits per heavy atom. The molecule has 16 heavy (non-hydrogen) atoms. The zero-order chi connectivity index (χ0) is 12.2. The third-order valence-corrected chi connectivity index (χ3v) is 3.06. The third kappa shape index (κ3) is 5.10. The van der Waals surface area contributed by atoms with Crippen LogP contribution in [-0.2, 0) is 6.42 Å². The quantitative estimate of drug-likeness (QED) is 0.892. The molecule has 3 heteroatoms. The second-order valence-electron chi connectivity index (χ2n) is 5.08. The first-order valence-electron chi connectivity index (χ1n) is 5.55. The Balaban J connectivity index is 2.46. The minimum absolute atomic E-state index is 0.0505. The normalized spacial score (nSPS) is 13.8. The van der Waals surface area contributed by atoms with Crippen molar-refractivity contribution in [1.29, 1.82) is 0 Å². The Labute approximate surface area is 106 Å². The van der Waals surface area contributed by atoms with E-state index < -0.39 is 0 Å². The van der Waals surface area contributed by atoms with E-state index in [1.165, 1.54) is 0 Å². The van der Waals surface area contributed by atoms with Crippen LogP contribution in [0.1, 0.15) is 26.3 Å². The molecule has 0 aromatic heterocycles. The number of aliphatic hydroxyl groups is 1. The number of benzene rings is 1. The average molecular weight is 286 g/mol. The van der Waals surface area contributed by atoms with E-state index in [2.05, 4.69) is 42.0 Å². The lowest BCUT2D eigenvalue weighted by atomic mass is 10.1. The molecular weight excluding hydrogens is 266 g/mol. The fourth-order valence-electron chi connectivity index (χ4n) is 1.41. The van der Waals surface area contributed by atoms with Gasteiger partial charge in [0.25, 0.3) is 0 Å². The van der Waals surface area contributed by atoms with Crippen molar-refractivity contribution in [3.8, 4) is 0 Å². The van der Waals surface area contributed by atoms with Crippen LogP contribution >= 0.6 is 15.9 Å². The lowest BCUT2D eigenvalue weighted by molar-refractivity contribution is 0.161. The van der Waals surface area contributed by atoms with E-state index in [0.29, 0.717) is 13.0 Å². The summed E-state index contributed by atoms with van der Waals surface area (Å²) in [6.07, 6.45) is 0.322. The average Bonchev–Trinajstić information content (AvgIpc) is 2.18. The van der Waals surface area contributed by atoms with Crippen LogP contribution in [-0.4, -0.2) is 23.3 Å². The zero-order valence-electron chi connectivity index (χ0n) is 10.1. The van der Waals surface area contributed by atoms with Gasteiger partial charge >= 0.3 is 0 Å². The van der Waals surface area contributed by atoms with Gasteiger partial charge in [0.2, 0.25) is 0 Å². The number of β-amino-alcohol motifs (C(OH)–C–C–N with tert-alkyl or cyclic N) is 1. The molecule has 1 aromatic rings. The summed E-state index contributed by atoms with van der Waals surface area (Å²) in [7, 11) is 0. The van der Waals surface area contributed by atoms with Gasteiger partial charge in [-0.05, 0) is 32.4 Å². The fraction of sp³-hybridized carbons (Fsp3) is 0.538. The van der Waals surface area contributed by atoms with E-state index in [-0.39, 0.29) is 11.6 Å². The molecule has 1 unspecified atom stereocenters. The van der Waals surface area contributed by atoms with Gasteiger partial charge in [0.1, 0.15) is 0 Å². The first kappa shape index (κ1) is 13.7. The Hall–Kier alpha value is -0.380. The minimum Gasteiger partial charge on any atom is -0.391 e. The standard InChI is InChI=1S/C13H20BrNO/c1-13(2,3)15-9-11(16)8-10-6-4-5-7-12(10)14/h4-7,11,15-16H,8-9H2,1-3H3. The Morgan fingerprint density at radius 2 is 1.94 bits per heavy atom. The van der Waals surface area contributed by atoms with Gasteiger partial charge in [-0.15, -0.1) is 0 Å². The molecule has 90 valence electrons. The largest absolute Gasteiger partial charge is 0.391 e. The zero-order valence-corrected chi connectivity index (χ0v) is 11.7. The van der Waals surface area contributed by atoms with Gasteiger partial charge < -0.3 is 10.4 Å². The van der Waals surface area contributed by atoms with Crippen LogP contribution in [0.15, 0.2) is 28.7 Å². The Kier molecular flexibility index (Phi) is 4.96. The molecule has 0 spiro atoms. The molecule has 0 aliphatic carbocycles. The number of hydrogen-bond donors (Lipinski definition) is 2. The van der Waals surface area contributed by atoms with Crippen molar-refractivity contribution in [1.82, 2.24) is 5.32 Å². The number of rotatable bonds is 4. The molecule has 1 rings (SSSR count). The minimum atomic E-state index is -0.349. The molecule has 0 amide bonds. The van der Waals surface area contributed by atoms with Gasteiger partial charge in [-0.25, -0.2) is 0 Å². The van der Waals surface area contributed by atoms with E-state index in [4.69, 9.17) is 0 Å². The fourth-order valence-corrected chi connectivity index (χ4v) is 1.86. The first-order valence-corrected chi connectivity index (χ1v) is 6.34. The SMILES string of the molecule is CC(C)(C)NCC(O)Cc1ccccc1Br. The summed E-state index contributed by atoms with van der Waals surface area (Å²) in [5, 5.41) is 13.2. The monoisotopic (exact) mass is 285 g/mol. The number of halogens is 1. The first-order chi connectivity index (χ1) is 7.38. The maximum Gasteiger partial charge on any atom is 0.0705 e. The molecule has 2 N–H and O–H groups in total. The Bertz CT molecular complexity index is 333. The molecule has 1 aromatic carbocycles. The molecule has 0 aliphatic heterocycles. The van der Waals surface area contributed by atoms with Gasteiger partial charge in [0.15, 0.2) is 0 Å². The summed E-state index contributed by atoms with van der Waals surface area (Å²) >= 11 is 3.48.